The molecule has 0 bridgehead atoms. The van der Waals surface area contributed by atoms with Gasteiger partial charge in [-0.2, -0.15) is 13.2 Å². The molecule has 0 aromatic heterocycles. The molecule has 0 saturated carbocycles. The zero-order chi connectivity index (χ0) is 24.2. The average molecular weight is 467 g/mol. The fourth-order valence-corrected chi connectivity index (χ4v) is 4.03. The van der Waals surface area contributed by atoms with E-state index in [4.69, 9.17) is 5.73 Å². The van der Waals surface area contributed by atoms with Gasteiger partial charge in [-0.15, -0.1) is 0 Å². The molecule has 2 saturated heterocycles. The van der Waals surface area contributed by atoms with Gasteiger partial charge in [-0.1, -0.05) is 20.3 Å². The van der Waals surface area contributed by atoms with Crippen molar-refractivity contribution < 1.29 is 35.9 Å². The third-order valence-corrected chi connectivity index (χ3v) is 5.41. The van der Waals surface area contributed by atoms with Gasteiger partial charge in [-0.3, -0.25) is 9.59 Å². The van der Waals surface area contributed by atoms with Crippen LogP contribution in [0.5, 0.6) is 0 Å². The zero-order valence-electron chi connectivity index (χ0n) is 17.9. The molecule has 32 heavy (non-hydrogen) atoms. The molecule has 3 unspecified atom stereocenters. The van der Waals surface area contributed by atoms with Crippen molar-refractivity contribution in [3.8, 4) is 0 Å². The smallest absolute Gasteiger partial charge is 0.338 e. The second-order valence-electron chi connectivity index (χ2n) is 8.14. The minimum atomic E-state index is -4.97. The number of rotatable bonds is 4. The van der Waals surface area contributed by atoms with Crippen LogP contribution in [0.3, 0.4) is 0 Å². The molecular formula is C21H27F6N3O2. The van der Waals surface area contributed by atoms with E-state index in [9.17, 15) is 35.9 Å². The molecule has 11 heteroatoms. The van der Waals surface area contributed by atoms with Crippen molar-refractivity contribution >= 4 is 11.8 Å². The summed E-state index contributed by atoms with van der Waals surface area (Å²) in [6, 6.07) is -0.343. The molecule has 2 heterocycles. The highest BCUT2D eigenvalue weighted by Crippen LogP contribution is 2.34. The van der Waals surface area contributed by atoms with Crippen molar-refractivity contribution in [3.63, 3.8) is 0 Å². The van der Waals surface area contributed by atoms with Crippen molar-refractivity contribution in [1.29, 1.82) is 0 Å². The quantitative estimate of drug-likeness (QED) is 0.545. The Balaban J connectivity index is 0.00000114. The number of nitrogens with zero attached hydrogens (tertiary/aromatic N) is 2. The second kappa shape index (κ2) is 10.5. The Morgan fingerprint density at radius 3 is 2.28 bits per heavy atom. The molecule has 0 aliphatic carbocycles. The van der Waals surface area contributed by atoms with Crippen molar-refractivity contribution in [3.05, 3.63) is 35.1 Å². The number of nitrogens with two attached hydrogens (primary N) is 1. The summed E-state index contributed by atoms with van der Waals surface area (Å²) < 4.78 is 77.9. The standard InChI is InChI=1S/C18H19F6N3O2.C3H8/c19-12-6-14(21)13(20)4-10(12)3-11(25)5-16(28)27-2-1-9-7-26(8-15(9)27)17(29)18(22,23)24;1-3-2/h4,6,9,11,15H,1-3,5,7-8,25H2;3H2,1-2H3. The summed E-state index contributed by atoms with van der Waals surface area (Å²) in [5.74, 6) is -6.16. The van der Waals surface area contributed by atoms with Crippen LogP contribution in [0.4, 0.5) is 26.3 Å². The van der Waals surface area contributed by atoms with E-state index >= 15 is 0 Å². The molecule has 2 N–H and O–H groups in total. The van der Waals surface area contributed by atoms with Crippen LogP contribution in [0.25, 0.3) is 0 Å². The highest BCUT2D eigenvalue weighted by molar-refractivity contribution is 5.83. The van der Waals surface area contributed by atoms with E-state index in [0.717, 1.165) is 0 Å². The van der Waals surface area contributed by atoms with Crippen molar-refractivity contribution in [2.45, 2.75) is 57.8 Å². The van der Waals surface area contributed by atoms with Gasteiger partial charge >= 0.3 is 12.1 Å². The Labute approximate surface area is 182 Å². The molecule has 2 amide bonds. The molecule has 0 spiro atoms. The maximum absolute atomic E-state index is 13.7. The molecule has 180 valence electrons. The maximum atomic E-state index is 13.7. The van der Waals surface area contributed by atoms with Crippen LogP contribution >= 0.6 is 0 Å². The lowest BCUT2D eigenvalue weighted by molar-refractivity contribution is -0.184. The molecule has 5 nitrogen and oxygen atoms in total. The number of likely N-dealkylation sites (tertiary alicyclic amines) is 2. The fourth-order valence-electron chi connectivity index (χ4n) is 4.03. The second-order valence-corrected chi connectivity index (χ2v) is 8.14. The summed E-state index contributed by atoms with van der Waals surface area (Å²) in [6.07, 6.45) is -3.71. The topological polar surface area (TPSA) is 66.6 Å². The number of hydrogen-bond donors (Lipinski definition) is 1. The first kappa shape index (κ1) is 26.0. The van der Waals surface area contributed by atoms with E-state index < -0.39 is 47.5 Å². The third kappa shape index (κ3) is 6.14. The highest BCUT2D eigenvalue weighted by atomic mass is 19.4. The lowest BCUT2D eigenvalue weighted by Crippen LogP contribution is -2.45. The van der Waals surface area contributed by atoms with E-state index in [2.05, 4.69) is 13.8 Å². The first-order valence-electron chi connectivity index (χ1n) is 10.4. The Morgan fingerprint density at radius 1 is 1.09 bits per heavy atom. The van der Waals surface area contributed by atoms with Crippen molar-refractivity contribution in [2.75, 3.05) is 19.6 Å². The van der Waals surface area contributed by atoms with Gasteiger partial charge in [-0.25, -0.2) is 13.2 Å². The van der Waals surface area contributed by atoms with Crippen LogP contribution in [0.2, 0.25) is 0 Å². The molecule has 2 aliphatic rings. The van der Waals surface area contributed by atoms with Crippen LogP contribution in [-0.4, -0.2) is 59.5 Å². The summed E-state index contributed by atoms with van der Waals surface area (Å²) in [5, 5.41) is 0. The molecule has 3 rings (SSSR count). The largest absolute Gasteiger partial charge is 0.471 e. The van der Waals surface area contributed by atoms with E-state index in [1.165, 1.54) is 11.3 Å². The first-order valence-corrected chi connectivity index (χ1v) is 10.4. The summed E-state index contributed by atoms with van der Waals surface area (Å²) in [7, 11) is 0. The van der Waals surface area contributed by atoms with Gasteiger partial charge in [0.2, 0.25) is 5.91 Å². The van der Waals surface area contributed by atoms with Gasteiger partial charge in [0.15, 0.2) is 11.6 Å². The summed E-state index contributed by atoms with van der Waals surface area (Å²) in [4.78, 5) is 26.1. The number of carbonyl (C=O) groups is 2. The summed E-state index contributed by atoms with van der Waals surface area (Å²) >= 11 is 0. The zero-order valence-corrected chi connectivity index (χ0v) is 17.9. The van der Waals surface area contributed by atoms with E-state index in [0.29, 0.717) is 30.0 Å². The van der Waals surface area contributed by atoms with Crippen LogP contribution in [0.15, 0.2) is 12.1 Å². The minimum Gasteiger partial charge on any atom is -0.338 e. The number of benzene rings is 1. The van der Waals surface area contributed by atoms with Gasteiger partial charge in [0.05, 0.1) is 6.04 Å². The lowest BCUT2D eigenvalue weighted by Gasteiger charge is -2.26. The lowest BCUT2D eigenvalue weighted by atomic mass is 10.0. The SMILES string of the molecule is CCC.NC(CC(=O)N1CCC2CN(C(=O)C(F)(F)F)CC21)Cc1cc(F)c(F)cc1F. The minimum absolute atomic E-state index is 0.0705. The number of carbonyl (C=O) groups excluding carboxylic acids is 2. The van der Waals surface area contributed by atoms with Crippen LogP contribution in [0.1, 0.15) is 38.7 Å². The van der Waals surface area contributed by atoms with Gasteiger partial charge < -0.3 is 15.5 Å². The average Bonchev–Trinajstić information content (AvgIpc) is 3.25. The maximum Gasteiger partial charge on any atom is 0.471 e. The summed E-state index contributed by atoms with van der Waals surface area (Å²) in [6.45, 7) is 4.30. The normalized spacial score (nSPS) is 21.2. The Hall–Kier alpha value is -2.30. The fraction of sp³-hybridized carbons (Fsp3) is 0.619. The number of alkyl halides is 3. The molecular weight excluding hydrogens is 440 g/mol. The van der Waals surface area contributed by atoms with E-state index in [-0.39, 0.29) is 37.4 Å². The van der Waals surface area contributed by atoms with Gasteiger partial charge in [0.1, 0.15) is 5.82 Å². The predicted molar refractivity (Wildman–Crippen MR) is 105 cm³/mol. The van der Waals surface area contributed by atoms with Crippen LogP contribution in [0, 0.1) is 23.4 Å². The first-order chi connectivity index (χ1) is 14.9. The highest BCUT2D eigenvalue weighted by Gasteiger charge is 2.50. The van der Waals surface area contributed by atoms with E-state index in [1.807, 2.05) is 0 Å². The number of hydrogen-bond acceptors (Lipinski definition) is 3. The number of halogens is 6. The van der Waals surface area contributed by atoms with Gasteiger partial charge in [0, 0.05) is 44.1 Å². The van der Waals surface area contributed by atoms with Crippen LogP contribution in [-0.2, 0) is 16.0 Å². The molecule has 1 aromatic carbocycles. The summed E-state index contributed by atoms with van der Waals surface area (Å²) in [5.41, 5.74) is 5.68. The van der Waals surface area contributed by atoms with Crippen molar-refractivity contribution in [2.24, 2.45) is 11.7 Å². The predicted octanol–water partition coefficient (Wildman–Crippen LogP) is 3.40. The Kier molecular flexibility index (Phi) is 8.55. The van der Waals surface area contributed by atoms with Crippen molar-refractivity contribution in [1.82, 2.24) is 9.80 Å². The van der Waals surface area contributed by atoms with Gasteiger partial charge in [-0.05, 0) is 24.5 Å². The number of fused-ring (bicyclic) bond motifs is 1. The van der Waals surface area contributed by atoms with Crippen LogP contribution < -0.4 is 5.73 Å². The van der Waals surface area contributed by atoms with Gasteiger partial charge in [0.25, 0.3) is 0 Å². The molecule has 2 fully saturated rings. The third-order valence-electron chi connectivity index (χ3n) is 5.41. The molecule has 0 radical (unpaired) electrons. The molecule has 2 aliphatic heterocycles. The molecule has 3 atom stereocenters. The monoisotopic (exact) mass is 467 g/mol. The Bertz CT molecular complexity index is 832. The number of amides is 2. The molecule has 1 aromatic rings. The Morgan fingerprint density at radius 2 is 1.69 bits per heavy atom. The van der Waals surface area contributed by atoms with E-state index in [1.54, 1.807) is 0 Å².